The molecule has 0 spiro atoms. The Balaban J connectivity index is 2.11. The molecule has 1 saturated carbocycles. The first-order valence-corrected chi connectivity index (χ1v) is 7.69. The summed E-state index contributed by atoms with van der Waals surface area (Å²) >= 11 is 6.01. The summed E-state index contributed by atoms with van der Waals surface area (Å²) in [6.45, 7) is 4.17. The third kappa shape index (κ3) is 3.36. The summed E-state index contributed by atoms with van der Waals surface area (Å²) in [5.74, 6) is 0.0709. The van der Waals surface area contributed by atoms with Gasteiger partial charge >= 0.3 is 0 Å². The zero-order valence-corrected chi connectivity index (χ0v) is 12.9. The Bertz CT molecular complexity index is 470. The van der Waals surface area contributed by atoms with Crippen LogP contribution in [-0.4, -0.2) is 28.2 Å². The normalized spacial score (nSPS) is 23.1. The second-order valence-corrected chi connectivity index (χ2v) is 6.29. The van der Waals surface area contributed by atoms with E-state index in [2.05, 4.69) is 5.32 Å². The van der Waals surface area contributed by atoms with Crippen molar-refractivity contribution in [3.63, 3.8) is 0 Å². The predicted octanol–water partition coefficient (Wildman–Crippen LogP) is 3.00. The molecule has 2 atom stereocenters. The molecule has 2 N–H and O–H groups in total. The molecule has 0 aromatic carbocycles. The second-order valence-electron chi connectivity index (χ2n) is 5.85. The van der Waals surface area contributed by atoms with Gasteiger partial charge in [-0.3, -0.25) is 4.79 Å². The van der Waals surface area contributed by atoms with E-state index in [-0.39, 0.29) is 30.5 Å². The van der Waals surface area contributed by atoms with Gasteiger partial charge in [0.05, 0.1) is 5.02 Å². The highest BCUT2D eigenvalue weighted by atomic mass is 35.5. The van der Waals surface area contributed by atoms with Crippen LogP contribution in [0.4, 0.5) is 0 Å². The maximum absolute atomic E-state index is 12.4. The van der Waals surface area contributed by atoms with E-state index in [0.29, 0.717) is 10.7 Å². The molecule has 1 aromatic heterocycles. The van der Waals surface area contributed by atoms with Crippen molar-refractivity contribution in [2.24, 2.45) is 5.92 Å². The number of amides is 1. The van der Waals surface area contributed by atoms with E-state index in [1.807, 2.05) is 18.4 Å². The van der Waals surface area contributed by atoms with Crippen molar-refractivity contribution in [1.29, 1.82) is 0 Å². The lowest BCUT2D eigenvalue weighted by Crippen LogP contribution is -2.44. The van der Waals surface area contributed by atoms with Crippen molar-refractivity contribution in [1.82, 2.24) is 9.88 Å². The van der Waals surface area contributed by atoms with Crippen LogP contribution in [0.15, 0.2) is 12.3 Å². The first-order chi connectivity index (χ1) is 9.52. The van der Waals surface area contributed by atoms with Crippen LogP contribution in [0.1, 0.15) is 56.1 Å². The van der Waals surface area contributed by atoms with Crippen molar-refractivity contribution in [2.45, 2.75) is 51.6 Å². The van der Waals surface area contributed by atoms with E-state index in [1.165, 1.54) is 0 Å². The summed E-state index contributed by atoms with van der Waals surface area (Å²) in [7, 11) is 0. The number of rotatable bonds is 4. The lowest BCUT2D eigenvalue weighted by Gasteiger charge is -2.31. The Morgan fingerprint density at radius 2 is 2.20 bits per heavy atom. The smallest absolute Gasteiger partial charge is 0.268 e. The predicted molar refractivity (Wildman–Crippen MR) is 80.1 cm³/mol. The van der Waals surface area contributed by atoms with Gasteiger partial charge in [-0.15, -0.1) is 0 Å². The van der Waals surface area contributed by atoms with Gasteiger partial charge in [0.1, 0.15) is 5.69 Å². The van der Waals surface area contributed by atoms with Crippen molar-refractivity contribution in [3.05, 3.63) is 23.0 Å². The molecule has 2 rings (SSSR count). The van der Waals surface area contributed by atoms with Crippen molar-refractivity contribution in [3.8, 4) is 0 Å². The van der Waals surface area contributed by atoms with Crippen LogP contribution < -0.4 is 5.32 Å². The first-order valence-electron chi connectivity index (χ1n) is 7.32. The van der Waals surface area contributed by atoms with E-state index in [4.69, 9.17) is 11.6 Å². The topological polar surface area (TPSA) is 54.3 Å². The average molecular weight is 299 g/mol. The van der Waals surface area contributed by atoms with E-state index in [1.54, 1.807) is 12.3 Å². The Labute approximate surface area is 125 Å². The largest absolute Gasteiger partial charge is 0.396 e. The number of aromatic nitrogens is 1. The molecule has 0 bridgehead atoms. The molecule has 4 nitrogen and oxygen atoms in total. The molecule has 0 aliphatic heterocycles. The highest BCUT2D eigenvalue weighted by Gasteiger charge is 2.27. The van der Waals surface area contributed by atoms with Crippen LogP contribution in [0.2, 0.25) is 5.02 Å². The summed E-state index contributed by atoms with van der Waals surface area (Å²) in [5.41, 5.74) is 0.590. The molecule has 1 aliphatic carbocycles. The van der Waals surface area contributed by atoms with Crippen LogP contribution in [0.25, 0.3) is 0 Å². The molecule has 2 unspecified atom stereocenters. The summed E-state index contributed by atoms with van der Waals surface area (Å²) in [5, 5.41) is 13.1. The van der Waals surface area contributed by atoms with Gasteiger partial charge in [0, 0.05) is 30.8 Å². The number of nitrogens with one attached hydrogen (secondary N) is 1. The number of aliphatic hydroxyl groups excluding tert-OH is 1. The zero-order valence-electron chi connectivity index (χ0n) is 12.1. The molecular formula is C15H23ClN2O2. The minimum atomic E-state index is -0.101. The number of carbonyl (C=O) groups is 1. The lowest BCUT2D eigenvalue weighted by molar-refractivity contribution is 0.0862. The van der Waals surface area contributed by atoms with Gasteiger partial charge in [0.15, 0.2) is 0 Å². The Morgan fingerprint density at radius 1 is 1.50 bits per heavy atom. The molecule has 1 fully saturated rings. The van der Waals surface area contributed by atoms with Crippen LogP contribution in [0, 0.1) is 5.92 Å². The van der Waals surface area contributed by atoms with E-state index >= 15 is 0 Å². The highest BCUT2D eigenvalue weighted by Crippen LogP contribution is 2.25. The average Bonchev–Trinajstić information content (AvgIpc) is 2.82. The fourth-order valence-electron chi connectivity index (χ4n) is 2.91. The first kappa shape index (κ1) is 15.4. The van der Waals surface area contributed by atoms with Gasteiger partial charge in [-0.05, 0) is 32.8 Å². The molecule has 1 aliphatic rings. The summed E-state index contributed by atoms with van der Waals surface area (Å²) in [6, 6.07) is 1.95. The molecule has 0 radical (unpaired) electrons. The second kappa shape index (κ2) is 6.64. The third-order valence-corrected chi connectivity index (χ3v) is 4.27. The van der Waals surface area contributed by atoms with Crippen LogP contribution in [0.3, 0.4) is 0 Å². The standard InChI is InChI=1S/C15H23ClN2O2/c1-10(2)18-8-12(16)7-14(18)15(20)17-13-6-4-3-5-11(13)9-19/h7-8,10-11,13,19H,3-6,9H2,1-2H3,(H,17,20). The molecule has 1 amide bonds. The number of hydrogen-bond acceptors (Lipinski definition) is 2. The molecule has 1 aromatic rings. The van der Waals surface area contributed by atoms with Gasteiger partial charge < -0.3 is 15.0 Å². The number of carbonyl (C=O) groups excluding carboxylic acids is 1. The fraction of sp³-hybridized carbons (Fsp3) is 0.667. The van der Waals surface area contributed by atoms with Gasteiger partial charge in [-0.25, -0.2) is 0 Å². The third-order valence-electron chi connectivity index (χ3n) is 4.06. The zero-order chi connectivity index (χ0) is 14.7. The lowest BCUT2D eigenvalue weighted by atomic mass is 9.85. The van der Waals surface area contributed by atoms with Gasteiger partial charge in [-0.1, -0.05) is 24.4 Å². The fourth-order valence-corrected chi connectivity index (χ4v) is 3.12. The molecule has 0 saturated heterocycles. The van der Waals surface area contributed by atoms with Crippen molar-refractivity contribution < 1.29 is 9.90 Å². The van der Waals surface area contributed by atoms with E-state index in [0.717, 1.165) is 25.7 Å². The minimum absolute atomic E-state index is 0.0653. The molecule has 112 valence electrons. The Morgan fingerprint density at radius 3 is 2.85 bits per heavy atom. The number of halogens is 1. The Kier molecular flexibility index (Phi) is 5.11. The maximum Gasteiger partial charge on any atom is 0.268 e. The van der Waals surface area contributed by atoms with E-state index < -0.39 is 0 Å². The van der Waals surface area contributed by atoms with Gasteiger partial charge in [-0.2, -0.15) is 0 Å². The van der Waals surface area contributed by atoms with Gasteiger partial charge in [0.2, 0.25) is 0 Å². The molecular weight excluding hydrogens is 276 g/mol. The van der Waals surface area contributed by atoms with Crippen LogP contribution in [-0.2, 0) is 0 Å². The maximum atomic E-state index is 12.4. The number of aliphatic hydroxyl groups is 1. The summed E-state index contributed by atoms with van der Waals surface area (Å²) in [6.07, 6.45) is 5.94. The molecule has 20 heavy (non-hydrogen) atoms. The highest BCUT2D eigenvalue weighted by molar-refractivity contribution is 6.31. The van der Waals surface area contributed by atoms with Crippen LogP contribution in [0.5, 0.6) is 0 Å². The van der Waals surface area contributed by atoms with Gasteiger partial charge in [0.25, 0.3) is 5.91 Å². The Hall–Kier alpha value is -1.00. The number of nitrogens with zero attached hydrogens (tertiary/aromatic N) is 1. The quantitative estimate of drug-likeness (QED) is 0.898. The molecule has 1 heterocycles. The monoisotopic (exact) mass is 298 g/mol. The summed E-state index contributed by atoms with van der Waals surface area (Å²) in [4.78, 5) is 12.4. The molecule has 5 heteroatoms. The van der Waals surface area contributed by atoms with E-state index in [9.17, 15) is 9.90 Å². The SMILES string of the molecule is CC(C)n1cc(Cl)cc1C(=O)NC1CCCCC1CO. The van der Waals surface area contributed by atoms with Crippen molar-refractivity contribution in [2.75, 3.05) is 6.61 Å². The van der Waals surface area contributed by atoms with Crippen molar-refractivity contribution >= 4 is 17.5 Å². The number of hydrogen-bond donors (Lipinski definition) is 2. The minimum Gasteiger partial charge on any atom is -0.396 e. The van der Waals surface area contributed by atoms with Crippen LogP contribution >= 0.6 is 11.6 Å². The summed E-state index contributed by atoms with van der Waals surface area (Å²) < 4.78 is 1.88.